The first-order valence-corrected chi connectivity index (χ1v) is 10.5. The van der Waals surface area contributed by atoms with Crippen LogP contribution in [0.2, 0.25) is 10.0 Å². The van der Waals surface area contributed by atoms with E-state index in [9.17, 15) is 5.26 Å². The van der Waals surface area contributed by atoms with E-state index in [4.69, 9.17) is 32.7 Å². The molecule has 0 unspecified atom stereocenters. The van der Waals surface area contributed by atoms with Gasteiger partial charge in [-0.2, -0.15) is 5.26 Å². The van der Waals surface area contributed by atoms with E-state index in [1.165, 1.54) is 0 Å². The Hall–Kier alpha value is -2.20. The largest absolute Gasteiger partial charge is 0.493 e. The molecule has 0 amide bonds. The van der Waals surface area contributed by atoms with Gasteiger partial charge in [-0.15, -0.1) is 0 Å². The van der Waals surface area contributed by atoms with Gasteiger partial charge >= 0.3 is 0 Å². The van der Waals surface area contributed by atoms with Crippen LogP contribution in [0.15, 0.2) is 60.7 Å². The first kappa shape index (κ1) is 21.5. The second-order valence-corrected chi connectivity index (χ2v) is 8.04. The highest BCUT2D eigenvalue weighted by Gasteiger charge is 2.13. The van der Waals surface area contributed by atoms with Gasteiger partial charge in [0.1, 0.15) is 6.61 Å². The molecule has 146 valence electrons. The predicted molar refractivity (Wildman–Crippen MR) is 126 cm³/mol. The normalized spacial score (nSPS) is 11.1. The van der Waals surface area contributed by atoms with Gasteiger partial charge in [-0.25, -0.2) is 0 Å². The zero-order chi connectivity index (χ0) is 20.8. The van der Waals surface area contributed by atoms with Gasteiger partial charge in [0.2, 0.25) is 0 Å². The topological polar surface area (TPSA) is 42.2 Å². The molecule has 3 rings (SSSR count). The molecule has 0 atom stereocenters. The van der Waals surface area contributed by atoms with Gasteiger partial charge < -0.3 is 9.47 Å². The lowest BCUT2D eigenvalue weighted by molar-refractivity contribution is 0.282. The number of nitriles is 1. The van der Waals surface area contributed by atoms with E-state index >= 15 is 0 Å². The van der Waals surface area contributed by atoms with E-state index in [0.29, 0.717) is 39.3 Å². The molecule has 0 aromatic heterocycles. The number of methoxy groups -OCH3 is 1. The maximum Gasteiger partial charge on any atom is 0.174 e. The van der Waals surface area contributed by atoms with E-state index in [0.717, 1.165) is 14.7 Å². The Morgan fingerprint density at radius 2 is 1.76 bits per heavy atom. The summed E-state index contributed by atoms with van der Waals surface area (Å²) in [6.07, 6.45) is 1.78. The third-order valence-corrected chi connectivity index (χ3v) is 5.68. The number of benzene rings is 3. The predicted octanol–water partition coefficient (Wildman–Crippen LogP) is 7.25. The van der Waals surface area contributed by atoms with E-state index in [-0.39, 0.29) is 0 Å². The summed E-state index contributed by atoms with van der Waals surface area (Å²) in [5.74, 6) is 1.20. The first-order chi connectivity index (χ1) is 14.0. The summed E-state index contributed by atoms with van der Waals surface area (Å²) >= 11 is 14.6. The molecule has 3 nitrogen and oxygen atoms in total. The van der Waals surface area contributed by atoms with E-state index < -0.39 is 0 Å². The molecule has 0 fully saturated rings. The van der Waals surface area contributed by atoms with Crippen molar-refractivity contribution in [3.8, 4) is 17.6 Å². The van der Waals surface area contributed by atoms with Crippen molar-refractivity contribution in [2.45, 2.75) is 6.61 Å². The van der Waals surface area contributed by atoms with Crippen LogP contribution in [-0.2, 0) is 6.61 Å². The monoisotopic (exact) mass is 535 g/mol. The fourth-order valence-corrected chi connectivity index (χ4v) is 3.95. The molecule has 0 saturated carbocycles. The Kier molecular flexibility index (Phi) is 7.43. The van der Waals surface area contributed by atoms with Crippen molar-refractivity contribution in [1.29, 1.82) is 5.26 Å². The molecule has 0 aliphatic carbocycles. The van der Waals surface area contributed by atoms with Crippen LogP contribution in [0.5, 0.6) is 11.5 Å². The molecule has 29 heavy (non-hydrogen) atoms. The lowest BCUT2D eigenvalue weighted by Crippen LogP contribution is -2.00. The highest BCUT2D eigenvalue weighted by Crippen LogP contribution is 2.36. The summed E-state index contributed by atoms with van der Waals surface area (Å²) in [6.45, 7) is 0.324. The molecular formula is C23H16Cl2INO2. The number of hydrogen-bond donors (Lipinski definition) is 0. The molecule has 3 aromatic carbocycles. The molecule has 3 aromatic rings. The summed E-state index contributed by atoms with van der Waals surface area (Å²) < 4.78 is 12.4. The van der Waals surface area contributed by atoms with Crippen LogP contribution in [0.25, 0.3) is 11.6 Å². The van der Waals surface area contributed by atoms with Crippen LogP contribution >= 0.6 is 45.8 Å². The molecule has 0 saturated heterocycles. The molecule has 0 aliphatic heterocycles. The van der Waals surface area contributed by atoms with Crippen LogP contribution in [0.3, 0.4) is 0 Å². The smallest absolute Gasteiger partial charge is 0.174 e. The lowest BCUT2D eigenvalue weighted by Gasteiger charge is -2.14. The van der Waals surface area contributed by atoms with Gasteiger partial charge in [0.15, 0.2) is 11.5 Å². The average Bonchev–Trinajstić information content (AvgIpc) is 2.72. The summed E-state index contributed by atoms with van der Waals surface area (Å²) in [5.41, 5.74) is 2.86. The van der Waals surface area contributed by atoms with Crippen LogP contribution in [0.1, 0.15) is 16.7 Å². The van der Waals surface area contributed by atoms with E-state index in [1.807, 2.05) is 54.6 Å². The summed E-state index contributed by atoms with van der Waals surface area (Å²) in [5, 5.41) is 10.8. The average molecular weight is 536 g/mol. The third-order valence-electron chi connectivity index (χ3n) is 4.18. The van der Waals surface area contributed by atoms with Crippen LogP contribution in [-0.4, -0.2) is 7.11 Å². The summed E-state index contributed by atoms with van der Waals surface area (Å²) in [6, 6.07) is 20.8. The van der Waals surface area contributed by atoms with E-state index in [1.54, 1.807) is 19.3 Å². The Labute approximate surface area is 193 Å². The van der Waals surface area contributed by atoms with Crippen molar-refractivity contribution in [2.24, 2.45) is 0 Å². The highest BCUT2D eigenvalue weighted by molar-refractivity contribution is 14.1. The minimum atomic E-state index is 0.324. The molecule has 0 radical (unpaired) electrons. The van der Waals surface area contributed by atoms with Gasteiger partial charge in [0, 0.05) is 21.2 Å². The Morgan fingerprint density at radius 1 is 1.07 bits per heavy atom. The van der Waals surface area contributed by atoms with Gasteiger partial charge in [-0.3, -0.25) is 0 Å². The number of nitrogens with zero attached hydrogens (tertiary/aromatic N) is 1. The highest BCUT2D eigenvalue weighted by atomic mass is 127. The number of ether oxygens (including phenoxy) is 2. The number of allylic oxidation sites excluding steroid dienone is 1. The Bertz CT molecular complexity index is 1110. The van der Waals surface area contributed by atoms with Gasteiger partial charge in [-0.05, 0) is 58.5 Å². The molecular weight excluding hydrogens is 520 g/mol. The van der Waals surface area contributed by atoms with Crippen molar-refractivity contribution >= 4 is 57.4 Å². The third kappa shape index (κ3) is 5.24. The first-order valence-electron chi connectivity index (χ1n) is 8.64. The van der Waals surface area contributed by atoms with Gasteiger partial charge in [-0.1, -0.05) is 59.6 Å². The van der Waals surface area contributed by atoms with Crippen molar-refractivity contribution in [1.82, 2.24) is 0 Å². The Morgan fingerprint density at radius 3 is 2.41 bits per heavy atom. The number of halogens is 3. The summed E-state index contributed by atoms with van der Waals surface area (Å²) in [4.78, 5) is 0. The Balaban J connectivity index is 1.93. The standard InChI is InChI=1S/C23H16Cl2INO2/c1-28-22-12-15(10-17(13-27)18-7-3-5-9-20(18)25)11-21(26)23(22)29-14-16-6-2-4-8-19(16)24/h2-12H,14H2,1H3. The lowest BCUT2D eigenvalue weighted by atomic mass is 10.0. The fourth-order valence-electron chi connectivity index (χ4n) is 2.75. The second kappa shape index (κ2) is 10.0. The van der Waals surface area contributed by atoms with Crippen molar-refractivity contribution in [3.63, 3.8) is 0 Å². The van der Waals surface area contributed by atoms with Crippen molar-refractivity contribution in [3.05, 3.63) is 91.0 Å². The van der Waals surface area contributed by atoms with Crippen LogP contribution in [0, 0.1) is 14.9 Å². The fraction of sp³-hybridized carbons (Fsp3) is 0.0870. The SMILES string of the molecule is COc1cc(C=C(C#N)c2ccccc2Cl)cc(I)c1OCc1ccccc1Cl. The van der Waals surface area contributed by atoms with Crippen LogP contribution in [0.4, 0.5) is 0 Å². The zero-order valence-electron chi connectivity index (χ0n) is 15.5. The van der Waals surface area contributed by atoms with Gasteiger partial charge in [0.25, 0.3) is 0 Å². The second-order valence-electron chi connectivity index (χ2n) is 6.06. The maximum absolute atomic E-state index is 9.60. The minimum absolute atomic E-state index is 0.324. The maximum atomic E-state index is 9.60. The zero-order valence-corrected chi connectivity index (χ0v) is 19.1. The molecule has 6 heteroatoms. The van der Waals surface area contributed by atoms with E-state index in [2.05, 4.69) is 28.7 Å². The minimum Gasteiger partial charge on any atom is -0.493 e. The quantitative estimate of drug-likeness (QED) is 0.190. The van der Waals surface area contributed by atoms with Crippen LogP contribution < -0.4 is 9.47 Å². The number of hydrogen-bond acceptors (Lipinski definition) is 3. The summed E-state index contributed by atoms with van der Waals surface area (Å²) in [7, 11) is 1.58. The number of rotatable bonds is 6. The molecule has 0 spiro atoms. The molecule has 0 bridgehead atoms. The molecule has 0 aliphatic rings. The van der Waals surface area contributed by atoms with Gasteiger partial charge in [0.05, 0.1) is 22.3 Å². The van der Waals surface area contributed by atoms with Crippen molar-refractivity contribution < 1.29 is 9.47 Å². The molecule has 0 N–H and O–H groups in total. The molecule has 0 heterocycles. The van der Waals surface area contributed by atoms with Crippen molar-refractivity contribution in [2.75, 3.05) is 7.11 Å².